The Morgan fingerprint density at radius 2 is 1.79 bits per heavy atom. The van der Waals surface area contributed by atoms with Crippen molar-refractivity contribution in [2.45, 2.75) is 25.2 Å². The summed E-state index contributed by atoms with van der Waals surface area (Å²) < 4.78 is 30.8. The molecule has 0 saturated heterocycles. The summed E-state index contributed by atoms with van der Waals surface area (Å²) in [6.07, 6.45) is 0.945. The highest BCUT2D eigenvalue weighted by atomic mass is 32.2. The molecule has 3 rings (SSSR count). The van der Waals surface area contributed by atoms with E-state index in [1.54, 1.807) is 33.1 Å². The van der Waals surface area contributed by atoms with Crippen LogP contribution in [0.5, 0.6) is 5.75 Å². The van der Waals surface area contributed by atoms with Crippen LogP contribution in [0.1, 0.15) is 22.3 Å². The number of nitrogens with zero attached hydrogens (tertiary/aromatic N) is 1. The normalized spacial score (nSPS) is 13.2. The molecule has 4 N–H and O–H groups in total. The Bertz CT molecular complexity index is 931. The fraction of sp³-hybridized carbons (Fsp3) is 0.381. The van der Waals surface area contributed by atoms with Crippen molar-refractivity contribution >= 4 is 15.9 Å². The van der Waals surface area contributed by atoms with Crippen molar-refractivity contribution in [2.24, 2.45) is 10.7 Å². The van der Waals surface area contributed by atoms with Crippen molar-refractivity contribution < 1.29 is 13.2 Å². The number of hydrogen-bond donors (Lipinski definition) is 3. The molecule has 0 saturated carbocycles. The molecule has 158 valence electrons. The minimum atomic E-state index is -3.39. The molecule has 2 aromatic carbocycles. The van der Waals surface area contributed by atoms with E-state index in [2.05, 4.69) is 39.3 Å². The maximum absolute atomic E-state index is 11.7. The van der Waals surface area contributed by atoms with Gasteiger partial charge in [0.2, 0.25) is 10.0 Å². The third-order valence-electron chi connectivity index (χ3n) is 4.54. The van der Waals surface area contributed by atoms with Crippen LogP contribution >= 0.6 is 0 Å². The molecular formula is C21H30N4O3S. The predicted molar refractivity (Wildman–Crippen MR) is 117 cm³/mol. The van der Waals surface area contributed by atoms with E-state index in [4.69, 9.17) is 10.5 Å². The second-order valence-corrected chi connectivity index (χ2v) is 8.51. The molecular weight excluding hydrogens is 388 g/mol. The van der Waals surface area contributed by atoms with E-state index in [1.165, 1.54) is 18.2 Å². The van der Waals surface area contributed by atoms with Gasteiger partial charge in [-0.25, -0.2) is 13.1 Å². The van der Waals surface area contributed by atoms with Gasteiger partial charge in [-0.15, -0.1) is 0 Å². The first kappa shape index (κ1) is 22.9. The largest absolute Gasteiger partial charge is 0.497 e. The highest BCUT2D eigenvalue weighted by Crippen LogP contribution is 2.25. The van der Waals surface area contributed by atoms with Gasteiger partial charge in [-0.1, -0.05) is 24.3 Å². The number of aryl methyl sites for hydroxylation is 2. The zero-order valence-electron chi connectivity index (χ0n) is 17.5. The van der Waals surface area contributed by atoms with Gasteiger partial charge in [0.15, 0.2) is 0 Å². The maximum Gasteiger partial charge on any atom is 0.240 e. The van der Waals surface area contributed by atoms with Crippen LogP contribution in [0.3, 0.4) is 0 Å². The number of aliphatic imine (C=N–C) groups is 1. The molecule has 0 amide bonds. The molecule has 29 heavy (non-hydrogen) atoms. The van der Waals surface area contributed by atoms with Crippen molar-refractivity contribution in [3.05, 3.63) is 58.7 Å². The van der Waals surface area contributed by atoms with Crippen LogP contribution in [-0.2, 0) is 16.4 Å². The van der Waals surface area contributed by atoms with Gasteiger partial charge in [0.25, 0.3) is 0 Å². The summed E-state index contributed by atoms with van der Waals surface area (Å²) in [5.41, 5.74) is 9.30. The van der Waals surface area contributed by atoms with Gasteiger partial charge in [-0.3, -0.25) is 4.99 Å². The summed E-state index contributed by atoms with van der Waals surface area (Å²) in [5, 5.41) is 3.25. The summed E-state index contributed by atoms with van der Waals surface area (Å²) in [6, 6.07) is 11.8. The van der Waals surface area contributed by atoms with E-state index < -0.39 is 10.0 Å². The minimum Gasteiger partial charge on any atom is -0.497 e. The Hall–Kier alpha value is -2.42. The molecule has 0 aliphatic carbocycles. The molecule has 1 heterocycles. The van der Waals surface area contributed by atoms with Crippen molar-refractivity contribution in [1.82, 2.24) is 10.0 Å². The Balaban J connectivity index is 0.000000207. The summed E-state index contributed by atoms with van der Waals surface area (Å²) in [5.74, 6) is 1.68. The molecule has 0 atom stereocenters. The van der Waals surface area contributed by atoms with E-state index in [-0.39, 0.29) is 0 Å². The van der Waals surface area contributed by atoms with Crippen LogP contribution in [0, 0.1) is 13.8 Å². The van der Waals surface area contributed by atoms with E-state index in [1.807, 2.05) is 0 Å². The monoisotopic (exact) mass is 418 g/mol. The van der Waals surface area contributed by atoms with E-state index >= 15 is 0 Å². The first-order valence-electron chi connectivity index (χ1n) is 9.49. The van der Waals surface area contributed by atoms with Gasteiger partial charge in [0.1, 0.15) is 11.6 Å². The first-order chi connectivity index (χ1) is 13.8. The number of methoxy groups -OCH3 is 1. The molecule has 2 aromatic rings. The van der Waals surface area contributed by atoms with Crippen molar-refractivity contribution in [3.8, 4) is 5.75 Å². The number of sulfonamides is 1. The first-order valence-corrected chi connectivity index (χ1v) is 11.0. The smallest absolute Gasteiger partial charge is 0.240 e. The SMILES string of the molecule is CNS(=O)(=O)c1c(C)cc(OC)cc1C.NCCc1ccc(C2=NCCN2)cc1. The lowest BCUT2D eigenvalue weighted by Crippen LogP contribution is -2.20. The Labute approximate surface area is 173 Å². The second kappa shape index (κ2) is 10.4. The molecule has 0 unspecified atom stereocenters. The summed E-state index contributed by atoms with van der Waals surface area (Å²) in [4.78, 5) is 4.69. The van der Waals surface area contributed by atoms with Crippen LogP contribution in [0.15, 0.2) is 46.3 Å². The molecule has 0 aromatic heterocycles. The van der Waals surface area contributed by atoms with Gasteiger partial charge in [0, 0.05) is 12.1 Å². The summed E-state index contributed by atoms with van der Waals surface area (Å²) in [6.45, 7) is 6.05. The minimum absolute atomic E-state index is 0.325. The van der Waals surface area contributed by atoms with Crippen LogP contribution in [0.4, 0.5) is 0 Å². The fourth-order valence-corrected chi connectivity index (χ4v) is 4.31. The number of nitrogens with one attached hydrogen (secondary N) is 2. The van der Waals surface area contributed by atoms with Crippen molar-refractivity contribution in [3.63, 3.8) is 0 Å². The summed E-state index contributed by atoms with van der Waals surface area (Å²) in [7, 11) is -0.433. The van der Waals surface area contributed by atoms with E-state index in [0.717, 1.165) is 25.3 Å². The Kier molecular flexibility index (Phi) is 8.19. The number of nitrogens with two attached hydrogens (primary N) is 1. The number of hydrogen-bond acceptors (Lipinski definition) is 6. The molecule has 1 aliphatic heterocycles. The van der Waals surface area contributed by atoms with Crippen molar-refractivity contribution in [2.75, 3.05) is 33.8 Å². The standard InChI is InChI=1S/C11H15N3.C10H15NO3S/c12-6-5-9-1-3-10(4-2-9)11-13-7-8-14-11;1-7-5-9(14-4)6-8(2)10(7)15(12,13)11-3/h1-4H,5-8,12H2,(H,13,14);5-6,11H,1-4H3. The van der Waals surface area contributed by atoms with Gasteiger partial charge in [0.05, 0.1) is 18.6 Å². The predicted octanol–water partition coefficient (Wildman–Crippen LogP) is 1.76. The molecule has 0 bridgehead atoms. The topological polar surface area (TPSA) is 106 Å². The molecule has 0 radical (unpaired) electrons. The van der Waals surface area contributed by atoms with Gasteiger partial charge < -0.3 is 15.8 Å². The van der Waals surface area contributed by atoms with Gasteiger partial charge in [-0.05, 0) is 62.7 Å². The average Bonchev–Trinajstić information content (AvgIpc) is 3.23. The number of ether oxygens (including phenoxy) is 1. The van der Waals surface area contributed by atoms with Gasteiger partial charge >= 0.3 is 0 Å². The van der Waals surface area contributed by atoms with Crippen LogP contribution in [-0.4, -0.2) is 48.0 Å². The Morgan fingerprint density at radius 3 is 2.24 bits per heavy atom. The quantitative estimate of drug-likeness (QED) is 0.663. The molecule has 7 nitrogen and oxygen atoms in total. The lowest BCUT2D eigenvalue weighted by atomic mass is 10.1. The number of benzene rings is 2. The lowest BCUT2D eigenvalue weighted by molar-refractivity contribution is 0.413. The van der Waals surface area contributed by atoms with Crippen LogP contribution in [0.25, 0.3) is 0 Å². The van der Waals surface area contributed by atoms with Gasteiger partial charge in [-0.2, -0.15) is 0 Å². The molecule has 8 heteroatoms. The van der Waals surface area contributed by atoms with Crippen LogP contribution < -0.4 is 20.5 Å². The van der Waals surface area contributed by atoms with Crippen LogP contribution in [0.2, 0.25) is 0 Å². The lowest BCUT2D eigenvalue weighted by Gasteiger charge is -2.11. The molecule has 1 aliphatic rings. The fourth-order valence-electron chi connectivity index (χ4n) is 3.14. The average molecular weight is 419 g/mol. The second-order valence-electron chi connectivity index (χ2n) is 6.69. The summed E-state index contributed by atoms with van der Waals surface area (Å²) >= 11 is 0. The highest BCUT2D eigenvalue weighted by molar-refractivity contribution is 7.89. The molecule has 0 spiro atoms. The zero-order chi connectivity index (χ0) is 21.4. The molecule has 0 fully saturated rings. The highest BCUT2D eigenvalue weighted by Gasteiger charge is 2.18. The number of rotatable bonds is 6. The van der Waals surface area contributed by atoms with E-state index in [0.29, 0.717) is 28.3 Å². The third-order valence-corrected chi connectivity index (χ3v) is 6.26. The maximum atomic E-state index is 11.7. The zero-order valence-corrected chi connectivity index (χ0v) is 18.3. The Morgan fingerprint density at radius 1 is 1.17 bits per heavy atom. The van der Waals surface area contributed by atoms with Crippen molar-refractivity contribution in [1.29, 1.82) is 0 Å². The number of amidine groups is 1. The van der Waals surface area contributed by atoms with E-state index in [9.17, 15) is 8.42 Å². The third kappa shape index (κ3) is 6.03.